The molecule has 5 heteroatoms. The average Bonchev–Trinajstić information content (AvgIpc) is 3.08. The average molecular weight is 628 g/mol. The van der Waals surface area contributed by atoms with Gasteiger partial charge in [-0.3, -0.25) is 0 Å². The van der Waals surface area contributed by atoms with Crippen molar-refractivity contribution in [1.82, 2.24) is 0 Å². The first-order valence-corrected chi connectivity index (χ1v) is 15.9. The van der Waals surface area contributed by atoms with E-state index in [-0.39, 0.29) is 11.8 Å². The molecule has 43 heavy (non-hydrogen) atoms. The van der Waals surface area contributed by atoms with Gasteiger partial charge in [-0.1, -0.05) is 0 Å². The van der Waals surface area contributed by atoms with Gasteiger partial charge in [0.1, 0.15) is 0 Å². The zero-order valence-electron chi connectivity index (χ0n) is 23.2. The second-order valence-electron chi connectivity index (χ2n) is 11.1. The van der Waals surface area contributed by atoms with Crippen LogP contribution in [-0.4, -0.2) is 19.8 Å². The first kappa shape index (κ1) is 26.3. The molecular weight excluding hydrogens is 599 g/mol. The topological polar surface area (TPSA) is 47.9 Å². The third-order valence-electron chi connectivity index (χ3n) is 8.82. The molecule has 0 amide bonds. The van der Waals surface area contributed by atoms with Gasteiger partial charge in [0.05, 0.1) is 0 Å². The van der Waals surface area contributed by atoms with Gasteiger partial charge in [0.2, 0.25) is 0 Å². The predicted octanol–water partition coefficient (Wildman–Crippen LogP) is 8.16. The molecule has 0 spiro atoms. The molecule has 6 aromatic rings. The molecule has 8 rings (SSSR count). The van der Waals surface area contributed by atoms with Crippen LogP contribution in [0.5, 0.6) is 11.5 Å². The molecule has 0 aliphatic carbocycles. The van der Waals surface area contributed by atoms with Gasteiger partial charge < -0.3 is 0 Å². The summed E-state index contributed by atoms with van der Waals surface area (Å²) in [7, 11) is 0. The summed E-state index contributed by atoms with van der Waals surface area (Å²) in [4.78, 5) is 0. The van der Waals surface area contributed by atoms with E-state index in [2.05, 4.69) is 84.9 Å². The Morgan fingerprint density at radius 2 is 1.30 bits per heavy atom. The van der Waals surface area contributed by atoms with Crippen LogP contribution < -0.4 is 9.47 Å². The van der Waals surface area contributed by atoms with Crippen LogP contribution in [0.4, 0.5) is 0 Å². The Bertz CT molecular complexity index is 1990. The van der Waals surface area contributed by atoms with E-state index in [0.717, 1.165) is 50.3 Å². The molecule has 0 radical (unpaired) electrons. The number of fused-ring (bicyclic) bond motifs is 6. The van der Waals surface area contributed by atoms with E-state index in [1.54, 1.807) is 0 Å². The van der Waals surface area contributed by atoms with Crippen molar-refractivity contribution in [2.24, 2.45) is 5.92 Å². The van der Waals surface area contributed by atoms with Crippen molar-refractivity contribution in [3.63, 3.8) is 0 Å². The zero-order chi connectivity index (χ0) is 28.8. The number of rotatable bonds is 5. The standard InChI is InChI=1S/C38H28O4Se/c39-43-42-38(28-15-5-2-6-16-28)33(23-31-29-17-9-7-11-25(29)19-21-34(31)41-38)32-24-36(27-13-3-1-4-14-27)40-35-22-20-26-12-8-10-18-30(26)37(32)35/h1-22,24,32-33,39H,23H2. The third-order valence-corrected chi connectivity index (χ3v) is 9.49. The predicted molar refractivity (Wildman–Crippen MR) is 171 cm³/mol. The van der Waals surface area contributed by atoms with Crippen LogP contribution in [0.2, 0.25) is 0 Å². The van der Waals surface area contributed by atoms with Gasteiger partial charge in [0.15, 0.2) is 0 Å². The van der Waals surface area contributed by atoms with Crippen molar-refractivity contribution in [3.05, 3.63) is 162 Å². The summed E-state index contributed by atoms with van der Waals surface area (Å²) < 4.78 is 30.7. The molecule has 0 fully saturated rings. The van der Waals surface area contributed by atoms with Crippen LogP contribution in [0.3, 0.4) is 0 Å². The van der Waals surface area contributed by atoms with Crippen LogP contribution in [0, 0.1) is 5.92 Å². The summed E-state index contributed by atoms with van der Waals surface area (Å²) in [6, 6.07) is 45.5. The Kier molecular flexibility index (Phi) is 6.54. The summed E-state index contributed by atoms with van der Waals surface area (Å²) in [5.74, 6) is 0.758. The van der Waals surface area contributed by atoms with E-state index in [1.165, 1.54) is 10.8 Å². The Hall–Kier alpha value is -4.38. The molecule has 2 aliphatic rings. The van der Waals surface area contributed by atoms with Gasteiger partial charge in [-0.05, 0) is 0 Å². The molecule has 4 nitrogen and oxygen atoms in total. The van der Waals surface area contributed by atoms with E-state index in [0.29, 0.717) is 6.42 Å². The van der Waals surface area contributed by atoms with Crippen LogP contribution >= 0.6 is 0 Å². The van der Waals surface area contributed by atoms with E-state index >= 15 is 0 Å². The van der Waals surface area contributed by atoms with E-state index in [1.807, 2.05) is 54.6 Å². The maximum atomic E-state index is 10.5. The molecule has 2 aliphatic heterocycles. The van der Waals surface area contributed by atoms with Crippen molar-refractivity contribution in [3.8, 4) is 11.5 Å². The Balaban J connectivity index is 1.42. The van der Waals surface area contributed by atoms with E-state index in [9.17, 15) is 4.19 Å². The van der Waals surface area contributed by atoms with Gasteiger partial charge in [-0.2, -0.15) is 0 Å². The molecule has 2 heterocycles. The number of allylic oxidation sites excluding steroid dienone is 1. The van der Waals surface area contributed by atoms with Gasteiger partial charge in [0.25, 0.3) is 0 Å². The molecule has 0 saturated carbocycles. The monoisotopic (exact) mass is 628 g/mol. The summed E-state index contributed by atoms with van der Waals surface area (Å²) >= 11 is -1.12. The normalized spacial score (nSPS) is 20.9. The molecule has 210 valence electrons. The fourth-order valence-electron chi connectivity index (χ4n) is 6.89. The van der Waals surface area contributed by atoms with Crippen LogP contribution in [-0.2, 0) is 16.0 Å². The molecule has 1 N–H and O–H groups in total. The van der Waals surface area contributed by atoms with Crippen LogP contribution in [0.15, 0.2) is 140 Å². The first-order chi connectivity index (χ1) is 21.2. The van der Waals surface area contributed by atoms with Crippen molar-refractivity contribution in [2.45, 2.75) is 18.1 Å². The van der Waals surface area contributed by atoms with Gasteiger partial charge in [-0.25, -0.2) is 0 Å². The third kappa shape index (κ3) is 4.36. The van der Waals surface area contributed by atoms with Crippen molar-refractivity contribution in [2.75, 3.05) is 0 Å². The Labute approximate surface area is 257 Å². The molecule has 3 atom stereocenters. The van der Waals surface area contributed by atoms with Crippen molar-refractivity contribution < 1.29 is 17.5 Å². The van der Waals surface area contributed by atoms with Crippen LogP contribution in [0.1, 0.15) is 28.2 Å². The Morgan fingerprint density at radius 3 is 2.05 bits per heavy atom. The first-order valence-electron chi connectivity index (χ1n) is 14.5. The molecule has 0 aromatic heterocycles. The summed E-state index contributed by atoms with van der Waals surface area (Å²) in [6.45, 7) is 0. The summed E-state index contributed by atoms with van der Waals surface area (Å²) in [5.41, 5.74) is 4.13. The second-order valence-corrected chi connectivity index (χ2v) is 11.8. The SMILES string of the molecule is O[Se]OC1(c2ccccc2)Oc2ccc3ccccc3c2CC1C1C=C(c2ccccc2)Oc2ccc3ccccc3c21. The number of hydrogen-bond donors (Lipinski definition) is 1. The minimum absolute atomic E-state index is 0.167. The fraction of sp³-hybridized carbons (Fsp3) is 0.105. The van der Waals surface area contributed by atoms with Crippen molar-refractivity contribution in [1.29, 1.82) is 0 Å². The molecule has 0 saturated heterocycles. The minimum atomic E-state index is -1.24. The fourth-order valence-corrected chi connectivity index (χ4v) is 7.65. The van der Waals surface area contributed by atoms with Gasteiger partial charge >= 0.3 is 258 Å². The van der Waals surface area contributed by atoms with E-state index in [4.69, 9.17) is 13.3 Å². The maximum absolute atomic E-state index is 10.5. The summed E-state index contributed by atoms with van der Waals surface area (Å²) in [5, 5.41) is 4.61. The van der Waals surface area contributed by atoms with E-state index < -0.39 is 21.4 Å². The molecule has 3 unspecified atom stereocenters. The quantitative estimate of drug-likeness (QED) is 0.196. The molecule has 6 aromatic carbocycles. The molecular formula is C38H28O4Se. The van der Waals surface area contributed by atoms with Gasteiger partial charge in [-0.15, -0.1) is 0 Å². The van der Waals surface area contributed by atoms with Crippen molar-refractivity contribution >= 4 is 42.9 Å². The molecule has 0 bridgehead atoms. The zero-order valence-corrected chi connectivity index (χ0v) is 24.9. The number of hydrogen-bond acceptors (Lipinski definition) is 4. The number of benzene rings is 6. The number of ether oxygens (including phenoxy) is 2. The second kappa shape index (κ2) is 10.7. The Morgan fingerprint density at radius 1 is 0.674 bits per heavy atom. The van der Waals surface area contributed by atoms with Crippen LogP contribution in [0.25, 0.3) is 27.3 Å². The van der Waals surface area contributed by atoms with Gasteiger partial charge in [0, 0.05) is 0 Å². The summed E-state index contributed by atoms with van der Waals surface area (Å²) in [6.07, 6.45) is 2.91.